The van der Waals surface area contributed by atoms with Crippen LogP contribution in [0.2, 0.25) is 0 Å². The summed E-state index contributed by atoms with van der Waals surface area (Å²) in [5.41, 5.74) is 4.29. The van der Waals surface area contributed by atoms with Crippen molar-refractivity contribution in [3.8, 4) is 0 Å². The van der Waals surface area contributed by atoms with Gasteiger partial charge >= 0.3 is 0 Å². The minimum Gasteiger partial charge on any atom is -0.396 e. The summed E-state index contributed by atoms with van der Waals surface area (Å²) in [5.74, 6) is 1.27. The molecule has 1 fully saturated rings. The summed E-state index contributed by atoms with van der Waals surface area (Å²) in [6, 6.07) is 18.7. The van der Waals surface area contributed by atoms with E-state index in [9.17, 15) is 5.11 Å². The number of nitrogens with zero attached hydrogens (tertiary/aromatic N) is 5. The highest BCUT2D eigenvalue weighted by Gasteiger charge is 2.26. The Labute approximate surface area is 211 Å². The monoisotopic (exact) mass is 528 g/mol. The van der Waals surface area contributed by atoms with Crippen molar-refractivity contribution in [2.45, 2.75) is 31.3 Å². The number of rotatable bonds is 7. The second-order valence-electron chi connectivity index (χ2n) is 9.08. The van der Waals surface area contributed by atoms with Crippen LogP contribution in [0, 0.1) is 5.92 Å². The second-order valence-corrected chi connectivity index (χ2v) is 9.99. The van der Waals surface area contributed by atoms with Crippen molar-refractivity contribution in [3.05, 3.63) is 88.7 Å². The third-order valence-electron chi connectivity index (χ3n) is 6.45. The lowest BCUT2D eigenvalue weighted by Crippen LogP contribution is -2.09. The van der Waals surface area contributed by atoms with E-state index in [0.717, 1.165) is 57.6 Å². The maximum atomic E-state index is 9.59. The summed E-state index contributed by atoms with van der Waals surface area (Å²) in [6.45, 7) is 0.145. The van der Waals surface area contributed by atoms with Crippen LogP contribution in [0.3, 0.4) is 0 Å². The van der Waals surface area contributed by atoms with Gasteiger partial charge in [-0.3, -0.25) is 0 Å². The molecule has 2 heterocycles. The van der Waals surface area contributed by atoms with Crippen molar-refractivity contribution < 1.29 is 5.11 Å². The number of aliphatic imine (C=N–C) groups is 1. The minimum absolute atomic E-state index is 0.0951. The summed E-state index contributed by atoms with van der Waals surface area (Å²) < 4.78 is 3.08. The number of benzene rings is 2. The van der Waals surface area contributed by atoms with Gasteiger partial charge in [-0.15, -0.1) is 0 Å². The van der Waals surface area contributed by atoms with Crippen LogP contribution in [0.25, 0.3) is 11.2 Å². The van der Waals surface area contributed by atoms with Crippen molar-refractivity contribution in [2.75, 3.05) is 11.9 Å². The number of allylic oxidation sites excluding steroid dienone is 1. The van der Waals surface area contributed by atoms with Crippen molar-refractivity contribution >= 4 is 44.6 Å². The molecule has 2 aliphatic carbocycles. The van der Waals surface area contributed by atoms with E-state index in [0.29, 0.717) is 12.0 Å². The second kappa shape index (κ2) is 9.36. The van der Waals surface area contributed by atoms with Crippen LogP contribution in [-0.2, 0) is 0 Å². The quantitative estimate of drug-likeness (QED) is 0.246. The molecular weight excluding hydrogens is 504 g/mol. The summed E-state index contributed by atoms with van der Waals surface area (Å²) >= 11 is 3.52. The molecule has 2 unspecified atom stereocenters. The van der Waals surface area contributed by atoms with Gasteiger partial charge in [-0.25, -0.2) is 9.98 Å². The SMILES string of the molecule is OCC1C=CC(n2cnc3c(NC4CC4)nc(/N=C(\c4ccccc4)c4ccc(Br)cc4)nc32)C1. The first-order chi connectivity index (χ1) is 17.2. The number of fused-ring (bicyclic) bond motifs is 1. The summed E-state index contributed by atoms with van der Waals surface area (Å²) in [4.78, 5) is 19.3. The molecule has 2 atom stereocenters. The number of aromatic nitrogens is 4. The van der Waals surface area contributed by atoms with Gasteiger partial charge in [0.1, 0.15) is 0 Å². The molecule has 2 aromatic heterocycles. The first-order valence-corrected chi connectivity index (χ1v) is 12.7. The first kappa shape index (κ1) is 22.1. The van der Waals surface area contributed by atoms with Crippen molar-refractivity contribution in [2.24, 2.45) is 10.9 Å². The van der Waals surface area contributed by atoms with Crippen LogP contribution in [-0.4, -0.2) is 43.0 Å². The molecule has 0 bridgehead atoms. The lowest BCUT2D eigenvalue weighted by Gasteiger charge is -2.13. The summed E-state index contributed by atoms with van der Waals surface area (Å²) in [5, 5.41) is 13.1. The topological polar surface area (TPSA) is 88.2 Å². The van der Waals surface area contributed by atoms with Gasteiger partial charge in [-0.1, -0.05) is 70.5 Å². The van der Waals surface area contributed by atoms with Crippen LogP contribution in [0.15, 0.2) is 82.5 Å². The number of hydrogen-bond acceptors (Lipinski definition) is 6. The Hall–Kier alpha value is -3.36. The van der Waals surface area contributed by atoms with E-state index in [1.54, 1.807) is 0 Å². The Kier molecular flexibility index (Phi) is 5.91. The van der Waals surface area contributed by atoms with Gasteiger partial charge in [0.2, 0.25) is 0 Å². The molecule has 0 aliphatic heterocycles. The Morgan fingerprint density at radius 2 is 1.80 bits per heavy atom. The first-order valence-electron chi connectivity index (χ1n) is 11.9. The predicted molar refractivity (Wildman–Crippen MR) is 141 cm³/mol. The van der Waals surface area contributed by atoms with E-state index < -0.39 is 0 Å². The third-order valence-corrected chi connectivity index (χ3v) is 6.97. The molecule has 0 radical (unpaired) electrons. The molecule has 0 amide bonds. The smallest absolute Gasteiger partial charge is 0.254 e. The van der Waals surface area contributed by atoms with E-state index >= 15 is 0 Å². The Morgan fingerprint density at radius 1 is 1.03 bits per heavy atom. The number of anilines is 1. The van der Waals surface area contributed by atoms with Crippen LogP contribution < -0.4 is 5.32 Å². The molecule has 0 spiro atoms. The normalized spacial score (nSPS) is 20.0. The molecule has 2 aliphatic rings. The van der Waals surface area contributed by atoms with Gasteiger partial charge in [0, 0.05) is 34.2 Å². The number of aliphatic hydroxyl groups excluding tert-OH is 1. The van der Waals surface area contributed by atoms with Crippen LogP contribution in [0.4, 0.5) is 11.8 Å². The zero-order valence-electron chi connectivity index (χ0n) is 19.0. The highest BCUT2D eigenvalue weighted by molar-refractivity contribution is 9.10. The molecule has 7 nitrogen and oxygen atoms in total. The molecule has 35 heavy (non-hydrogen) atoms. The van der Waals surface area contributed by atoms with Gasteiger partial charge in [0.05, 0.1) is 18.1 Å². The molecular formula is C27H25BrN6O. The average molecular weight is 529 g/mol. The predicted octanol–water partition coefficient (Wildman–Crippen LogP) is 5.44. The summed E-state index contributed by atoms with van der Waals surface area (Å²) in [7, 11) is 0. The standard InChI is InChI=1S/C27H25BrN6O/c28-20-9-7-19(8-10-20)23(18-4-2-1-3-5-18)31-27-32-25(30-21-11-12-21)24-26(33-27)34(16-29-24)22-13-6-17(14-22)15-35/h1-10,13,16-17,21-22,35H,11-12,14-15H2,(H,30,32,33)/b31-23+. The Morgan fingerprint density at radius 3 is 2.51 bits per heavy atom. The maximum Gasteiger partial charge on any atom is 0.254 e. The van der Waals surface area contributed by atoms with Gasteiger partial charge in [-0.05, 0) is 31.4 Å². The molecule has 2 aromatic carbocycles. The zero-order chi connectivity index (χ0) is 23.8. The third kappa shape index (κ3) is 4.63. The van der Waals surface area contributed by atoms with E-state index in [-0.39, 0.29) is 18.6 Å². The fraction of sp³-hybridized carbons (Fsp3) is 0.259. The minimum atomic E-state index is 0.0951. The van der Waals surface area contributed by atoms with Gasteiger partial charge < -0.3 is 15.0 Å². The van der Waals surface area contributed by atoms with Crippen LogP contribution in [0.1, 0.15) is 36.4 Å². The largest absolute Gasteiger partial charge is 0.396 e. The van der Waals surface area contributed by atoms with Crippen LogP contribution in [0.5, 0.6) is 0 Å². The fourth-order valence-electron chi connectivity index (χ4n) is 4.41. The summed E-state index contributed by atoms with van der Waals surface area (Å²) in [6.07, 6.45) is 9.10. The van der Waals surface area contributed by atoms with Crippen molar-refractivity contribution in [3.63, 3.8) is 0 Å². The van der Waals surface area contributed by atoms with E-state index in [4.69, 9.17) is 15.0 Å². The van der Waals surface area contributed by atoms with Crippen molar-refractivity contribution in [1.29, 1.82) is 0 Å². The fourth-order valence-corrected chi connectivity index (χ4v) is 4.68. The number of imidazole rings is 1. The molecule has 2 N–H and O–H groups in total. The molecule has 1 saturated carbocycles. The van der Waals surface area contributed by atoms with Crippen LogP contribution >= 0.6 is 15.9 Å². The lowest BCUT2D eigenvalue weighted by atomic mass is 10.0. The number of nitrogens with one attached hydrogen (secondary N) is 1. The van der Waals surface area contributed by atoms with Gasteiger partial charge in [-0.2, -0.15) is 9.97 Å². The maximum absolute atomic E-state index is 9.59. The molecule has 4 aromatic rings. The average Bonchev–Trinajstić information content (AvgIpc) is 3.39. The van der Waals surface area contributed by atoms with Crippen molar-refractivity contribution in [1.82, 2.24) is 19.5 Å². The lowest BCUT2D eigenvalue weighted by molar-refractivity contribution is 0.244. The number of hydrogen-bond donors (Lipinski definition) is 2. The number of halogens is 1. The van der Waals surface area contributed by atoms with E-state index in [1.807, 2.05) is 60.9 Å². The number of aliphatic hydroxyl groups is 1. The Balaban J connectivity index is 1.49. The van der Waals surface area contributed by atoms with E-state index in [2.05, 4.69) is 42.9 Å². The molecule has 0 saturated heterocycles. The molecule has 6 rings (SSSR count). The molecule has 8 heteroatoms. The zero-order valence-corrected chi connectivity index (χ0v) is 20.6. The van der Waals surface area contributed by atoms with Gasteiger partial charge in [0.15, 0.2) is 17.0 Å². The highest BCUT2D eigenvalue weighted by Crippen LogP contribution is 2.34. The van der Waals surface area contributed by atoms with Gasteiger partial charge in [0.25, 0.3) is 5.95 Å². The highest BCUT2D eigenvalue weighted by atomic mass is 79.9. The molecule has 176 valence electrons. The van der Waals surface area contributed by atoms with E-state index in [1.165, 1.54) is 0 Å². The Bertz CT molecular complexity index is 1410.